The van der Waals surface area contributed by atoms with E-state index in [1.165, 1.54) is 36.4 Å². The van der Waals surface area contributed by atoms with Gasteiger partial charge in [0.1, 0.15) is 6.04 Å². The fourth-order valence-electron chi connectivity index (χ4n) is 4.88. The summed E-state index contributed by atoms with van der Waals surface area (Å²) in [7, 11) is -3.36. The van der Waals surface area contributed by atoms with Crippen LogP contribution in [0.4, 0.5) is 13.2 Å². The van der Waals surface area contributed by atoms with Crippen LogP contribution in [0, 0.1) is 11.8 Å². The lowest BCUT2D eigenvalue weighted by atomic mass is 9.73. The quantitative estimate of drug-likeness (QED) is 0.515. The molecule has 5 atom stereocenters. The van der Waals surface area contributed by atoms with Crippen molar-refractivity contribution in [2.45, 2.75) is 42.0 Å². The highest BCUT2D eigenvalue weighted by atomic mass is 32.2. The van der Waals surface area contributed by atoms with E-state index in [1.54, 1.807) is 19.1 Å². The van der Waals surface area contributed by atoms with Crippen LogP contribution in [0.25, 0.3) is 11.1 Å². The van der Waals surface area contributed by atoms with E-state index in [1.807, 2.05) is 0 Å². The van der Waals surface area contributed by atoms with Crippen LogP contribution in [0.3, 0.4) is 0 Å². The largest absolute Gasteiger partial charge is 0.407 e. The van der Waals surface area contributed by atoms with Crippen LogP contribution in [-0.2, 0) is 19.4 Å². The predicted octanol–water partition coefficient (Wildman–Crippen LogP) is 2.37. The lowest BCUT2D eigenvalue weighted by Gasteiger charge is -2.40. The topological polar surface area (TPSA) is 118 Å². The zero-order valence-electron chi connectivity index (χ0n) is 19.1. The first-order chi connectivity index (χ1) is 16.2. The molecule has 4 N–H and O–H groups in total. The molecular weight excluding hydrogens is 483 g/mol. The minimum Gasteiger partial charge on any atom is -0.355 e. The van der Waals surface area contributed by atoms with Crippen LogP contribution in [-0.4, -0.2) is 50.7 Å². The summed E-state index contributed by atoms with van der Waals surface area (Å²) in [6, 6.07) is 8.46. The van der Waals surface area contributed by atoms with Gasteiger partial charge in [0.2, 0.25) is 5.91 Å². The summed E-state index contributed by atoms with van der Waals surface area (Å²) in [5.74, 6) is -2.15. The number of hydrogen-bond donors (Lipinski definition) is 3. The standard InChI is InChI=1S/C24H26F3N3O4S/c1-13-11-19(21(31)23(13,28)18-12-29-22(18)32)30-20(24(25,26)27)16-5-3-14(4-6-16)15-7-9-17(10-8-15)35(2,33)34/h3-10,13,18-20,30H,11-12,28H2,1-2H3,(H,29,32)/t13?,18?,19-,20-,23?/m0/s1. The van der Waals surface area contributed by atoms with Crippen molar-refractivity contribution in [1.82, 2.24) is 10.6 Å². The Labute approximate surface area is 201 Å². The molecule has 1 aliphatic carbocycles. The zero-order chi connectivity index (χ0) is 25.8. The molecule has 1 saturated carbocycles. The fourth-order valence-corrected chi connectivity index (χ4v) is 5.51. The van der Waals surface area contributed by atoms with Crippen molar-refractivity contribution in [3.8, 4) is 11.1 Å². The van der Waals surface area contributed by atoms with Crippen LogP contribution >= 0.6 is 0 Å². The maximum Gasteiger partial charge on any atom is 0.407 e. The van der Waals surface area contributed by atoms with Gasteiger partial charge in [-0.2, -0.15) is 13.2 Å². The molecule has 0 bridgehead atoms. The SMILES string of the molecule is CC1C[C@H](N[C@@H](c2ccc(-c3ccc(S(C)(=O)=O)cc3)cc2)C(F)(F)F)C(=O)C1(N)C1CNC1=O. The Balaban J connectivity index is 1.56. The number of halogens is 3. The Kier molecular flexibility index (Phi) is 6.31. The van der Waals surface area contributed by atoms with Gasteiger partial charge in [-0.25, -0.2) is 8.42 Å². The first-order valence-electron chi connectivity index (χ1n) is 11.1. The van der Waals surface area contributed by atoms with Crippen LogP contribution in [0.2, 0.25) is 0 Å². The van der Waals surface area contributed by atoms with Gasteiger partial charge in [0.25, 0.3) is 0 Å². The number of nitrogens with two attached hydrogens (primary N) is 1. The second-order valence-electron chi connectivity index (χ2n) is 9.34. The second-order valence-corrected chi connectivity index (χ2v) is 11.4. The van der Waals surface area contributed by atoms with Crippen molar-refractivity contribution in [2.24, 2.45) is 17.6 Å². The van der Waals surface area contributed by atoms with E-state index in [-0.39, 0.29) is 29.3 Å². The summed E-state index contributed by atoms with van der Waals surface area (Å²) in [4.78, 5) is 25.1. The van der Waals surface area contributed by atoms with Gasteiger partial charge in [-0.3, -0.25) is 14.9 Å². The van der Waals surface area contributed by atoms with Crippen LogP contribution in [0.1, 0.15) is 24.9 Å². The molecule has 35 heavy (non-hydrogen) atoms. The van der Waals surface area contributed by atoms with E-state index in [9.17, 15) is 31.2 Å². The molecule has 2 aromatic rings. The third-order valence-electron chi connectivity index (χ3n) is 7.08. The number of benzene rings is 2. The molecule has 7 nitrogen and oxygen atoms in total. The Morgan fingerprint density at radius 2 is 1.60 bits per heavy atom. The maximum atomic E-state index is 14.0. The number of nitrogens with one attached hydrogen (secondary N) is 2. The molecule has 11 heteroatoms. The molecule has 1 amide bonds. The Morgan fingerprint density at radius 1 is 1.06 bits per heavy atom. The number of sulfone groups is 1. The van der Waals surface area contributed by atoms with Gasteiger partial charge in [0.15, 0.2) is 15.6 Å². The maximum absolute atomic E-state index is 14.0. The fraction of sp³-hybridized carbons (Fsp3) is 0.417. The van der Waals surface area contributed by atoms with Gasteiger partial charge in [-0.05, 0) is 41.2 Å². The minimum atomic E-state index is -4.68. The van der Waals surface area contributed by atoms with Crippen molar-refractivity contribution in [2.75, 3.05) is 12.8 Å². The van der Waals surface area contributed by atoms with E-state index >= 15 is 0 Å². The molecule has 3 unspecified atom stereocenters. The summed E-state index contributed by atoms with van der Waals surface area (Å²) >= 11 is 0. The number of ketones is 1. The van der Waals surface area contributed by atoms with Crippen molar-refractivity contribution in [3.63, 3.8) is 0 Å². The summed E-state index contributed by atoms with van der Waals surface area (Å²) in [6.45, 7) is 1.91. The highest BCUT2D eigenvalue weighted by molar-refractivity contribution is 7.90. The molecule has 0 spiro atoms. The summed E-state index contributed by atoms with van der Waals surface area (Å²) in [5, 5.41) is 4.99. The van der Waals surface area contributed by atoms with E-state index in [2.05, 4.69) is 10.6 Å². The number of hydrogen-bond acceptors (Lipinski definition) is 6. The van der Waals surface area contributed by atoms with Crippen molar-refractivity contribution in [3.05, 3.63) is 54.1 Å². The van der Waals surface area contributed by atoms with Crippen LogP contribution < -0.4 is 16.4 Å². The van der Waals surface area contributed by atoms with Gasteiger partial charge >= 0.3 is 6.18 Å². The average molecular weight is 510 g/mol. The Bertz CT molecular complexity index is 1250. The number of Topliss-reactive ketones (excluding diaryl/α,β-unsaturated/α-hetero) is 1. The minimum absolute atomic E-state index is 0.0784. The van der Waals surface area contributed by atoms with Crippen LogP contribution in [0.15, 0.2) is 53.4 Å². The second kappa shape index (κ2) is 8.72. The molecular formula is C24H26F3N3O4S. The first-order valence-corrected chi connectivity index (χ1v) is 13.0. The molecule has 0 aromatic heterocycles. The van der Waals surface area contributed by atoms with E-state index in [0.29, 0.717) is 11.1 Å². The average Bonchev–Trinajstić information content (AvgIpc) is 2.99. The monoisotopic (exact) mass is 509 g/mol. The molecule has 2 fully saturated rings. The first kappa shape index (κ1) is 25.3. The molecule has 1 aliphatic heterocycles. The lowest BCUT2D eigenvalue weighted by Crippen LogP contribution is -2.69. The van der Waals surface area contributed by atoms with Gasteiger partial charge in [-0.15, -0.1) is 0 Å². The smallest absolute Gasteiger partial charge is 0.355 e. The van der Waals surface area contributed by atoms with E-state index in [4.69, 9.17) is 5.73 Å². The lowest BCUT2D eigenvalue weighted by molar-refractivity contribution is -0.160. The van der Waals surface area contributed by atoms with Gasteiger partial charge < -0.3 is 11.1 Å². The molecule has 1 saturated heterocycles. The third-order valence-corrected chi connectivity index (χ3v) is 8.20. The van der Waals surface area contributed by atoms with Gasteiger partial charge in [-0.1, -0.05) is 43.3 Å². The van der Waals surface area contributed by atoms with Crippen LogP contribution in [0.5, 0.6) is 0 Å². The molecule has 1 heterocycles. The van der Waals surface area contributed by atoms with E-state index < -0.39 is 51.3 Å². The number of rotatable bonds is 6. The number of amides is 1. The number of carbonyl (C=O) groups excluding carboxylic acids is 2. The number of alkyl halides is 3. The Morgan fingerprint density at radius 3 is 2.03 bits per heavy atom. The van der Waals surface area contributed by atoms with Crippen molar-refractivity contribution in [1.29, 1.82) is 0 Å². The zero-order valence-corrected chi connectivity index (χ0v) is 19.9. The molecule has 4 rings (SSSR count). The number of β-lactam (4-membered cyclic amide) rings is 1. The van der Waals surface area contributed by atoms with Gasteiger partial charge in [0, 0.05) is 12.8 Å². The molecule has 0 radical (unpaired) electrons. The molecule has 2 aliphatic rings. The summed E-state index contributed by atoms with van der Waals surface area (Å²) in [5.41, 5.74) is 5.98. The number of carbonyl (C=O) groups is 2. The normalized spacial score (nSPS) is 27.9. The predicted molar refractivity (Wildman–Crippen MR) is 123 cm³/mol. The summed E-state index contributed by atoms with van der Waals surface area (Å²) < 4.78 is 65.3. The Hall–Kier alpha value is -2.76. The van der Waals surface area contributed by atoms with Gasteiger partial charge in [0.05, 0.1) is 22.4 Å². The molecule has 188 valence electrons. The van der Waals surface area contributed by atoms with E-state index in [0.717, 1.165) is 6.26 Å². The van der Waals surface area contributed by atoms with Crippen molar-refractivity contribution < 1.29 is 31.2 Å². The highest BCUT2D eigenvalue weighted by Crippen LogP contribution is 2.41. The third kappa shape index (κ3) is 4.60. The molecule has 2 aromatic carbocycles. The summed E-state index contributed by atoms with van der Waals surface area (Å²) in [6.07, 6.45) is -3.50. The highest BCUT2D eigenvalue weighted by Gasteiger charge is 2.60. The van der Waals surface area contributed by atoms with Crippen molar-refractivity contribution >= 4 is 21.5 Å².